The molecular formula is C17H14F2N2. The van der Waals surface area contributed by atoms with Crippen LogP contribution in [-0.2, 0) is 0 Å². The topological polar surface area (TPSA) is 17.8 Å². The highest BCUT2D eigenvalue weighted by atomic mass is 19.2. The van der Waals surface area contributed by atoms with Gasteiger partial charge >= 0.3 is 0 Å². The van der Waals surface area contributed by atoms with E-state index in [1.165, 1.54) is 6.07 Å². The molecule has 0 saturated heterocycles. The molecule has 0 radical (unpaired) electrons. The molecule has 0 atom stereocenters. The molecule has 1 aromatic heterocycles. The zero-order chi connectivity index (χ0) is 15.0. The molecule has 0 N–H and O–H groups in total. The maximum atomic E-state index is 13.3. The molecule has 0 saturated carbocycles. The fourth-order valence-corrected chi connectivity index (χ4v) is 2.32. The van der Waals surface area contributed by atoms with Crippen LogP contribution < -0.4 is 0 Å². The summed E-state index contributed by atoms with van der Waals surface area (Å²) in [5.74, 6) is -1.67. The summed E-state index contributed by atoms with van der Waals surface area (Å²) in [5.41, 5.74) is 4.42. The molecule has 4 heteroatoms. The zero-order valence-electron chi connectivity index (χ0n) is 11.8. The van der Waals surface area contributed by atoms with E-state index in [9.17, 15) is 8.78 Å². The van der Waals surface area contributed by atoms with E-state index in [1.54, 1.807) is 10.7 Å². The van der Waals surface area contributed by atoms with Crippen LogP contribution in [0.25, 0.3) is 16.8 Å². The minimum atomic E-state index is -0.836. The summed E-state index contributed by atoms with van der Waals surface area (Å²) in [6, 6.07) is 11.6. The lowest BCUT2D eigenvalue weighted by Gasteiger charge is -2.09. The van der Waals surface area contributed by atoms with Gasteiger partial charge in [-0.1, -0.05) is 12.1 Å². The fourth-order valence-electron chi connectivity index (χ4n) is 2.32. The van der Waals surface area contributed by atoms with Crippen molar-refractivity contribution in [1.82, 2.24) is 9.78 Å². The van der Waals surface area contributed by atoms with Crippen LogP contribution in [0.15, 0.2) is 48.7 Å². The molecule has 0 spiro atoms. The molecule has 0 amide bonds. The smallest absolute Gasteiger partial charge is 0.159 e. The number of benzene rings is 2. The van der Waals surface area contributed by atoms with Gasteiger partial charge in [0.15, 0.2) is 11.6 Å². The Morgan fingerprint density at radius 3 is 2.19 bits per heavy atom. The van der Waals surface area contributed by atoms with Crippen molar-refractivity contribution in [3.05, 3.63) is 71.6 Å². The van der Waals surface area contributed by atoms with E-state index in [0.717, 1.165) is 28.6 Å². The van der Waals surface area contributed by atoms with E-state index < -0.39 is 11.6 Å². The first-order chi connectivity index (χ1) is 10.0. The van der Waals surface area contributed by atoms with E-state index in [-0.39, 0.29) is 0 Å². The van der Waals surface area contributed by atoms with Gasteiger partial charge in [-0.2, -0.15) is 5.10 Å². The second-order valence-corrected chi connectivity index (χ2v) is 5.03. The number of nitrogens with zero attached hydrogens (tertiary/aromatic N) is 2. The normalized spacial score (nSPS) is 10.9. The van der Waals surface area contributed by atoms with E-state index in [4.69, 9.17) is 0 Å². The van der Waals surface area contributed by atoms with Crippen LogP contribution in [0.3, 0.4) is 0 Å². The first kappa shape index (κ1) is 13.5. The van der Waals surface area contributed by atoms with Crippen molar-refractivity contribution in [2.45, 2.75) is 13.8 Å². The molecular weight excluding hydrogens is 270 g/mol. The van der Waals surface area contributed by atoms with Crippen molar-refractivity contribution in [3.8, 4) is 16.8 Å². The van der Waals surface area contributed by atoms with E-state index in [1.807, 2.05) is 44.3 Å². The van der Waals surface area contributed by atoms with Gasteiger partial charge < -0.3 is 0 Å². The summed E-state index contributed by atoms with van der Waals surface area (Å²) in [6.07, 6.45) is 1.90. The molecule has 0 aliphatic rings. The van der Waals surface area contributed by atoms with Crippen LogP contribution >= 0.6 is 0 Å². The predicted molar refractivity (Wildman–Crippen MR) is 78.4 cm³/mol. The molecule has 0 aliphatic carbocycles. The van der Waals surface area contributed by atoms with Gasteiger partial charge in [-0.25, -0.2) is 13.5 Å². The summed E-state index contributed by atoms with van der Waals surface area (Å²) in [5, 5.41) is 4.38. The lowest BCUT2D eigenvalue weighted by Crippen LogP contribution is -1.98. The highest BCUT2D eigenvalue weighted by Gasteiger charge is 2.07. The van der Waals surface area contributed by atoms with Gasteiger partial charge in [0, 0.05) is 6.20 Å². The van der Waals surface area contributed by atoms with Crippen LogP contribution in [-0.4, -0.2) is 9.78 Å². The Balaban J connectivity index is 2.03. The number of halogens is 2. The molecule has 3 rings (SSSR count). The van der Waals surface area contributed by atoms with Gasteiger partial charge in [0.1, 0.15) is 0 Å². The summed E-state index contributed by atoms with van der Waals surface area (Å²) in [6.45, 7) is 3.90. The van der Waals surface area contributed by atoms with Crippen molar-refractivity contribution >= 4 is 0 Å². The Hall–Kier alpha value is -2.49. The largest absolute Gasteiger partial charge is 0.240 e. The SMILES string of the molecule is Cc1ccn(-c2ccc(-c3ccc(F)c(F)c3)cc2C)n1. The standard InChI is InChI=1S/C17H14F2N2/c1-11-9-13(14-3-5-15(18)16(19)10-14)4-6-17(11)21-8-7-12(2)20-21/h3-10H,1-2H3. The number of rotatable bonds is 2. The van der Waals surface area contributed by atoms with Crippen LogP contribution in [0, 0.1) is 25.5 Å². The number of hydrogen-bond donors (Lipinski definition) is 0. The molecule has 2 nitrogen and oxygen atoms in total. The third-order valence-electron chi connectivity index (χ3n) is 3.42. The monoisotopic (exact) mass is 284 g/mol. The van der Waals surface area contributed by atoms with Crippen LogP contribution in [0.4, 0.5) is 8.78 Å². The second kappa shape index (κ2) is 5.13. The van der Waals surface area contributed by atoms with Gasteiger partial charge in [-0.05, 0) is 60.9 Å². The lowest BCUT2D eigenvalue weighted by atomic mass is 10.0. The molecule has 0 aliphatic heterocycles. The van der Waals surface area contributed by atoms with Crippen molar-refractivity contribution in [1.29, 1.82) is 0 Å². The molecule has 21 heavy (non-hydrogen) atoms. The molecule has 0 unspecified atom stereocenters. The van der Waals surface area contributed by atoms with E-state index in [2.05, 4.69) is 5.10 Å². The average molecular weight is 284 g/mol. The van der Waals surface area contributed by atoms with Gasteiger partial charge in [0.05, 0.1) is 11.4 Å². The second-order valence-electron chi connectivity index (χ2n) is 5.03. The Morgan fingerprint density at radius 1 is 0.857 bits per heavy atom. The summed E-state index contributed by atoms with van der Waals surface area (Å²) in [4.78, 5) is 0. The Bertz CT molecular complexity index is 806. The van der Waals surface area contributed by atoms with Crippen LogP contribution in [0.5, 0.6) is 0 Å². The molecule has 2 aromatic carbocycles. The first-order valence-corrected chi connectivity index (χ1v) is 6.63. The first-order valence-electron chi connectivity index (χ1n) is 6.63. The van der Waals surface area contributed by atoms with E-state index >= 15 is 0 Å². The van der Waals surface area contributed by atoms with Crippen molar-refractivity contribution < 1.29 is 8.78 Å². The maximum Gasteiger partial charge on any atom is 0.159 e. The summed E-state index contributed by atoms with van der Waals surface area (Å²) < 4.78 is 28.1. The zero-order valence-corrected chi connectivity index (χ0v) is 11.8. The molecule has 0 bridgehead atoms. The lowest BCUT2D eigenvalue weighted by molar-refractivity contribution is 0.509. The van der Waals surface area contributed by atoms with Crippen molar-refractivity contribution in [2.75, 3.05) is 0 Å². The summed E-state index contributed by atoms with van der Waals surface area (Å²) >= 11 is 0. The molecule has 0 fully saturated rings. The quantitative estimate of drug-likeness (QED) is 0.680. The van der Waals surface area contributed by atoms with Gasteiger partial charge in [0.25, 0.3) is 0 Å². The van der Waals surface area contributed by atoms with Gasteiger partial charge in [0.2, 0.25) is 0 Å². The summed E-state index contributed by atoms with van der Waals surface area (Å²) in [7, 11) is 0. The van der Waals surface area contributed by atoms with Crippen LogP contribution in [0.2, 0.25) is 0 Å². The number of aromatic nitrogens is 2. The van der Waals surface area contributed by atoms with Crippen molar-refractivity contribution in [3.63, 3.8) is 0 Å². The van der Waals surface area contributed by atoms with Crippen LogP contribution in [0.1, 0.15) is 11.3 Å². The van der Waals surface area contributed by atoms with Gasteiger partial charge in [-0.15, -0.1) is 0 Å². The predicted octanol–water partition coefficient (Wildman–Crippen LogP) is 4.43. The molecule has 3 aromatic rings. The number of aryl methyl sites for hydroxylation is 2. The minimum absolute atomic E-state index is 0.653. The molecule has 1 heterocycles. The maximum absolute atomic E-state index is 13.3. The third kappa shape index (κ3) is 2.57. The Kier molecular flexibility index (Phi) is 3.29. The van der Waals surface area contributed by atoms with Crippen molar-refractivity contribution in [2.24, 2.45) is 0 Å². The molecule has 106 valence electrons. The highest BCUT2D eigenvalue weighted by molar-refractivity contribution is 5.66. The average Bonchev–Trinajstić information content (AvgIpc) is 2.88. The number of hydrogen-bond acceptors (Lipinski definition) is 1. The Morgan fingerprint density at radius 2 is 1.57 bits per heavy atom. The highest BCUT2D eigenvalue weighted by Crippen LogP contribution is 2.25. The van der Waals surface area contributed by atoms with E-state index in [0.29, 0.717) is 5.56 Å². The Labute approximate surface area is 121 Å². The fraction of sp³-hybridized carbons (Fsp3) is 0.118. The minimum Gasteiger partial charge on any atom is -0.240 e. The van der Waals surface area contributed by atoms with Gasteiger partial charge in [-0.3, -0.25) is 0 Å². The third-order valence-corrected chi connectivity index (χ3v) is 3.42.